The van der Waals surface area contributed by atoms with Gasteiger partial charge in [-0.05, 0) is 47.9 Å². The number of aryl methyl sites for hydroxylation is 1. The zero-order valence-corrected chi connectivity index (χ0v) is 26.3. The van der Waals surface area contributed by atoms with E-state index in [4.69, 9.17) is 11.6 Å². The number of halogens is 5. The van der Waals surface area contributed by atoms with Gasteiger partial charge in [0.05, 0.1) is 33.3 Å². The number of aromatic nitrogens is 3. The van der Waals surface area contributed by atoms with E-state index in [1.807, 2.05) is 11.6 Å². The smallest absolute Gasteiger partial charge is 0.274 e. The molecular weight excluding hydrogens is 660 g/mol. The molecule has 5 rings (SSSR count). The number of nitrogens with zero attached hydrogens (tertiary/aromatic N) is 3. The number of unbranched alkanes of at least 4 members (excludes halogenated alkanes) is 1. The summed E-state index contributed by atoms with van der Waals surface area (Å²) in [7, 11) is -4.50. The fourth-order valence-electron chi connectivity index (χ4n) is 5.03. The molecule has 0 aliphatic carbocycles. The lowest BCUT2D eigenvalue weighted by molar-refractivity contribution is -0.137. The third-order valence-electron chi connectivity index (χ3n) is 7.33. The van der Waals surface area contributed by atoms with E-state index in [9.17, 15) is 35.6 Å². The Labute approximate surface area is 272 Å². The van der Waals surface area contributed by atoms with Crippen molar-refractivity contribution in [3.8, 4) is 16.8 Å². The maximum absolute atomic E-state index is 14.3. The molecule has 14 heteroatoms. The molecule has 0 aliphatic heterocycles. The minimum Gasteiger partial charge on any atom is -0.274 e. The van der Waals surface area contributed by atoms with Crippen molar-refractivity contribution >= 4 is 27.5 Å². The Bertz CT molecular complexity index is 2090. The summed E-state index contributed by atoms with van der Waals surface area (Å²) >= 11 is 5.93. The molecule has 0 saturated heterocycles. The number of benzene rings is 4. The van der Waals surface area contributed by atoms with Crippen molar-refractivity contribution in [2.75, 3.05) is 0 Å². The van der Waals surface area contributed by atoms with E-state index in [1.165, 1.54) is 53.1 Å². The summed E-state index contributed by atoms with van der Waals surface area (Å²) in [4.78, 5) is 25.9. The van der Waals surface area contributed by atoms with E-state index < -0.39 is 44.7 Å². The summed E-state index contributed by atoms with van der Waals surface area (Å²) in [6.07, 6.45) is -2.91. The number of sulfonamides is 1. The second-order valence-electron chi connectivity index (χ2n) is 10.5. The Balaban J connectivity index is 1.46. The van der Waals surface area contributed by atoms with Crippen molar-refractivity contribution in [1.82, 2.24) is 19.1 Å². The third kappa shape index (κ3) is 7.15. The van der Waals surface area contributed by atoms with Gasteiger partial charge in [-0.1, -0.05) is 85.6 Å². The van der Waals surface area contributed by atoms with Gasteiger partial charge in [-0.25, -0.2) is 22.3 Å². The van der Waals surface area contributed by atoms with Crippen LogP contribution >= 0.6 is 11.6 Å². The first-order valence-corrected chi connectivity index (χ1v) is 16.2. The van der Waals surface area contributed by atoms with Gasteiger partial charge in [-0.2, -0.15) is 17.9 Å². The van der Waals surface area contributed by atoms with E-state index >= 15 is 0 Å². The molecule has 4 aromatic carbocycles. The van der Waals surface area contributed by atoms with E-state index in [0.717, 1.165) is 23.2 Å². The fourth-order valence-corrected chi connectivity index (χ4v) is 6.46. The molecule has 0 spiro atoms. The van der Waals surface area contributed by atoms with E-state index in [1.54, 1.807) is 30.3 Å². The van der Waals surface area contributed by atoms with Crippen LogP contribution in [0, 0.1) is 5.82 Å². The van der Waals surface area contributed by atoms with Crippen LogP contribution in [0.5, 0.6) is 0 Å². The van der Waals surface area contributed by atoms with Crippen LogP contribution in [0.25, 0.3) is 16.8 Å². The van der Waals surface area contributed by atoms with Crippen LogP contribution < -0.4 is 10.4 Å². The van der Waals surface area contributed by atoms with Crippen LogP contribution in [0.2, 0.25) is 5.02 Å². The molecule has 0 aliphatic rings. The van der Waals surface area contributed by atoms with Crippen molar-refractivity contribution in [1.29, 1.82) is 0 Å². The monoisotopic (exact) mass is 686 g/mol. The van der Waals surface area contributed by atoms with E-state index in [2.05, 4.69) is 5.10 Å². The van der Waals surface area contributed by atoms with Crippen LogP contribution in [0.3, 0.4) is 0 Å². The summed E-state index contributed by atoms with van der Waals surface area (Å²) in [5.41, 5.74) is -1.44. The maximum atomic E-state index is 14.3. The molecule has 0 bridgehead atoms. The zero-order chi connectivity index (χ0) is 33.9. The highest BCUT2D eigenvalue weighted by atomic mass is 35.5. The zero-order valence-electron chi connectivity index (χ0n) is 24.8. The molecule has 1 heterocycles. The van der Waals surface area contributed by atoms with Crippen LogP contribution in [0.15, 0.2) is 101 Å². The number of nitrogens with one attached hydrogen (secondary N) is 1. The number of para-hydroxylation sites is 1. The summed E-state index contributed by atoms with van der Waals surface area (Å²) in [5, 5.41) is 4.03. The second kappa shape index (κ2) is 13.5. The summed E-state index contributed by atoms with van der Waals surface area (Å²) in [6, 6.07) is 20.6. The lowest BCUT2D eigenvalue weighted by atomic mass is 10.0. The largest absolute Gasteiger partial charge is 0.418 e. The molecule has 47 heavy (non-hydrogen) atoms. The van der Waals surface area contributed by atoms with Gasteiger partial charge in [0.2, 0.25) is 0 Å². The second-order valence-corrected chi connectivity index (χ2v) is 12.6. The quantitative estimate of drug-likeness (QED) is 0.159. The first kappa shape index (κ1) is 33.6. The summed E-state index contributed by atoms with van der Waals surface area (Å²) < 4.78 is 86.1. The predicted octanol–water partition coefficient (Wildman–Crippen LogP) is 7.02. The van der Waals surface area contributed by atoms with Crippen molar-refractivity contribution in [3.05, 3.63) is 135 Å². The van der Waals surface area contributed by atoms with Gasteiger partial charge in [0.1, 0.15) is 11.6 Å². The fraction of sp³-hybridized carbons (Fsp3) is 0.182. The number of hydrogen-bond acceptors (Lipinski definition) is 5. The molecule has 0 radical (unpaired) electrons. The normalized spacial score (nSPS) is 11.9. The minimum atomic E-state index is -4.70. The standard InChI is InChI=1S/C33H27ClF4N4O4S/c1-2-3-15-29-39-42(27-13-6-5-10-24(27)33(36,37)38)32(44)41(29)20-21-16-18-22(19-17-21)23-9-4-7-14-28(23)47(45,46)40-31(43)30-25(34)11-8-12-26(30)35/h4-14,16-19H,2-3,15,20H2,1H3,(H,40,43). The lowest BCUT2D eigenvalue weighted by Crippen LogP contribution is -2.31. The van der Waals surface area contributed by atoms with Crippen molar-refractivity contribution in [2.45, 2.75) is 43.8 Å². The molecule has 8 nitrogen and oxygen atoms in total. The molecule has 0 atom stereocenters. The Kier molecular flexibility index (Phi) is 9.68. The predicted molar refractivity (Wildman–Crippen MR) is 168 cm³/mol. The Hall–Kier alpha value is -4.75. The number of amides is 1. The molecule has 0 fully saturated rings. The van der Waals surface area contributed by atoms with Gasteiger partial charge in [0.25, 0.3) is 15.9 Å². The third-order valence-corrected chi connectivity index (χ3v) is 9.03. The van der Waals surface area contributed by atoms with E-state index in [0.29, 0.717) is 29.8 Å². The number of alkyl halides is 3. The number of hydrogen-bond donors (Lipinski definition) is 1. The molecule has 0 saturated carbocycles. The lowest BCUT2D eigenvalue weighted by Gasteiger charge is -2.13. The number of rotatable bonds is 10. The summed E-state index contributed by atoms with van der Waals surface area (Å²) in [5.74, 6) is -1.90. The van der Waals surface area contributed by atoms with Gasteiger partial charge in [-0.15, -0.1) is 5.10 Å². The average Bonchev–Trinajstić information content (AvgIpc) is 3.33. The SMILES string of the molecule is CCCCc1nn(-c2ccccc2C(F)(F)F)c(=O)n1Cc1ccc(-c2ccccc2S(=O)(=O)NC(=O)c2c(F)cccc2Cl)cc1. The molecule has 5 aromatic rings. The highest BCUT2D eigenvalue weighted by molar-refractivity contribution is 7.90. The molecule has 1 aromatic heterocycles. The van der Waals surface area contributed by atoms with Gasteiger partial charge in [0, 0.05) is 12.0 Å². The van der Waals surface area contributed by atoms with Gasteiger partial charge in [-0.3, -0.25) is 9.36 Å². The molecule has 1 amide bonds. The Morgan fingerprint density at radius 1 is 0.936 bits per heavy atom. The van der Waals surface area contributed by atoms with Gasteiger partial charge >= 0.3 is 11.9 Å². The van der Waals surface area contributed by atoms with Gasteiger partial charge in [0.15, 0.2) is 0 Å². The maximum Gasteiger partial charge on any atom is 0.418 e. The Morgan fingerprint density at radius 2 is 1.62 bits per heavy atom. The minimum absolute atomic E-state index is 0.00819. The van der Waals surface area contributed by atoms with Crippen LogP contribution in [-0.2, 0) is 29.2 Å². The first-order valence-electron chi connectivity index (χ1n) is 14.4. The molecular formula is C33H27ClF4N4O4S. The Morgan fingerprint density at radius 3 is 2.30 bits per heavy atom. The number of carbonyl (C=O) groups excluding carboxylic acids is 1. The van der Waals surface area contributed by atoms with Crippen molar-refractivity contribution in [3.63, 3.8) is 0 Å². The van der Waals surface area contributed by atoms with Crippen LogP contribution in [0.1, 0.15) is 47.1 Å². The molecule has 1 N–H and O–H groups in total. The van der Waals surface area contributed by atoms with Crippen LogP contribution in [-0.4, -0.2) is 28.7 Å². The highest BCUT2D eigenvalue weighted by Gasteiger charge is 2.35. The van der Waals surface area contributed by atoms with Gasteiger partial charge < -0.3 is 0 Å². The van der Waals surface area contributed by atoms with Crippen molar-refractivity contribution in [2.24, 2.45) is 0 Å². The average molecular weight is 687 g/mol. The molecule has 0 unspecified atom stereocenters. The van der Waals surface area contributed by atoms with Crippen LogP contribution in [0.4, 0.5) is 17.6 Å². The number of carbonyl (C=O) groups is 1. The summed E-state index contributed by atoms with van der Waals surface area (Å²) in [6.45, 7) is 1.93. The van der Waals surface area contributed by atoms with Crippen molar-refractivity contribution < 1.29 is 30.8 Å². The topological polar surface area (TPSA) is 103 Å². The first-order chi connectivity index (χ1) is 22.3. The van der Waals surface area contributed by atoms with E-state index in [-0.39, 0.29) is 27.7 Å². The molecule has 244 valence electrons. The highest BCUT2D eigenvalue weighted by Crippen LogP contribution is 2.33.